The van der Waals surface area contributed by atoms with E-state index in [1.807, 2.05) is 0 Å². The lowest BCUT2D eigenvalue weighted by atomic mass is 10.1. The number of aryl methyl sites for hydroxylation is 2. The van der Waals surface area contributed by atoms with E-state index >= 15 is 0 Å². The van der Waals surface area contributed by atoms with Gasteiger partial charge in [0.15, 0.2) is 0 Å². The maximum absolute atomic E-state index is 12.6. The molecule has 0 radical (unpaired) electrons. The Morgan fingerprint density at radius 2 is 1.76 bits per heavy atom. The van der Waals surface area contributed by atoms with Crippen LogP contribution in [0.3, 0.4) is 0 Å². The van der Waals surface area contributed by atoms with Gasteiger partial charge in [0.2, 0.25) is 0 Å². The van der Waals surface area contributed by atoms with Gasteiger partial charge < -0.3 is 19.5 Å². The van der Waals surface area contributed by atoms with Crippen molar-refractivity contribution < 1.29 is 23.8 Å². The molecule has 134 valence electrons. The number of amides is 1. The number of ether oxygens (including phenoxy) is 3. The highest BCUT2D eigenvalue weighted by molar-refractivity contribution is 6.08. The monoisotopic (exact) mass is 347 g/mol. The molecule has 2 rings (SSSR count). The SMILES string of the molecule is CCOC(=O)c1c(C)nn(C)c1NC(=O)c1cc(OC)cc(OC)c1. The second kappa shape index (κ2) is 7.69. The first-order valence-electron chi connectivity index (χ1n) is 7.66. The van der Waals surface area contributed by atoms with E-state index < -0.39 is 11.9 Å². The average Bonchev–Trinajstić information content (AvgIpc) is 2.87. The van der Waals surface area contributed by atoms with Crippen LogP contribution < -0.4 is 14.8 Å². The number of rotatable bonds is 6. The van der Waals surface area contributed by atoms with Crippen molar-refractivity contribution in [2.45, 2.75) is 13.8 Å². The van der Waals surface area contributed by atoms with Crippen LogP contribution in [0.5, 0.6) is 11.5 Å². The summed E-state index contributed by atoms with van der Waals surface area (Å²) in [6.07, 6.45) is 0. The molecule has 0 bridgehead atoms. The van der Waals surface area contributed by atoms with Crippen LogP contribution >= 0.6 is 0 Å². The number of carbonyl (C=O) groups excluding carboxylic acids is 2. The van der Waals surface area contributed by atoms with Gasteiger partial charge in [0, 0.05) is 18.7 Å². The normalized spacial score (nSPS) is 10.3. The second-order valence-corrected chi connectivity index (χ2v) is 5.21. The van der Waals surface area contributed by atoms with Crippen molar-refractivity contribution in [3.8, 4) is 11.5 Å². The Bertz CT molecular complexity index is 776. The minimum atomic E-state index is -0.536. The fourth-order valence-electron chi connectivity index (χ4n) is 2.37. The molecular weight excluding hydrogens is 326 g/mol. The summed E-state index contributed by atoms with van der Waals surface area (Å²) in [6, 6.07) is 4.81. The van der Waals surface area contributed by atoms with E-state index in [0.29, 0.717) is 22.8 Å². The topological polar surface area (TPSA) is 91.7 Å². The molecule has 1 heterocycles. The van der Waals surface area contributed by atoms with Gasteiger partial charge in [0.1, 0.15) is 22.9 Å². The van der Waals surface area contributed by atoms with Crippen LogP contribution in [-0.2, 0) is 11.8 Å². The van der Waals surface area contributed by atoms with E-state index in [1.54, 1.807) is 39.1 Å². The minimum Gasteiger partial charge on any atom is -0.497 e. The summed E-state index contributed by atoms with van der Waals surface area (Å²) in [5.41, 5.74) is 1.02. The Kier molecular flexibility index (Phi) is 5.63. The Labute approximate surface area is 145 Å². The molecule has 1 aromatic heterocycles. The van der Waals surface area contributed by atoms with Gasteiger partial charge in [0.25, 0.3) is 5.91 Å². The van der Waals surface area contributed by atoms with E-state index in [2.05, 4.69) is 10.4 Å². The van der Waals surface area contributed by atoms with E-state index in [4.69, 9.17) is 14.2 Å². The van der Waals surface area contributed by atoms with Gasteiger partial charge in [-0.05, 0) is 26.0 Å². The molecule has 0 spiro atoms. The molecule has 25 heavy (non-hydrogen) atoms. The second-order valence-electron chi connectivity index (χ2n) is 5.21. The molecule has 8 nitrogen and oxygen atoms in total. The van der Waals surface area contributed by atoms with Crippen LogP contribution in [0, 0.1) is 6.92 Å². The van der Waals surface area contributed by atoms with Crippen molar-refractivity contribution in [3.63, 3.8) is 0 Å². The lowest BCUT2D eigenvalue weighted by Crippen LogP contribution is -2.18. The zero-order valence-corrected chi connectivity index (χ0v) is 14.9. The summed E-state index contributed by atoms with van der Waals surface area (Å²) < 4.78 is 16.8. The first-order chi connectivity index (χ1) is 11.9. The number of carbonyl (C=O) groups is 2. The Hall–Kier alpha value is -3.03. The fraction of sp³-hybridized carbons (Fsp3) is 0.353. The highest BCUT2D eigenvalue weighted by Crippen LogP contribution is 2.25. The number of esters is 1. The third kappa shape index (κ3) is 3.90. The quantitative estimate of drug-likeness (QED) is 0.805. The standard InChI is InChI=1S/C17H21N3O5/c1-6-25-17(22)14-10(2)19-20(3)15(14)18-16(21)11-7-12(23-4)9-13(8-11)24-5/h7-9H,6H2,1-5H3,(H,18,21). The third-order valence-electron chi connectivity index (χ3n) is 3.55. The predicted molar refractivity (Wildman–Crippen MR) is 91.4 cm³/mol. The Morgan fingerprint density at radius 1 is 1.16 bits per heavy atom. The fourth-order valence-corrected chi connectivity index (χ4v) is 2.37. The Morgan fingerprint density at radius 3 is 2.28 bits per heavy atom. The number of methoxy groups -OCH3 is 2. The molecule has 8 heteroatoms. The smallest absolute Gasteiger partial charge is 0.343 e. The molecule has 0 aliphatic heterocycles. The van der Waals surface area contributed by atoms with Crippen molar-refractivity contribution in [3.05, 3.63) is 35.0 Å². The van der Waals surface area contributed by atoms with Crippen LogP contribution in [0.15, 0.2) is 18.2 Å². The van der Waals surface area contributed by atoms with E-state index in [1.165, 1.54) is 18.9 Å². The van der Waals surface area contributed by atoms with Gasteiger partial charge >= 0.3 is 5.97 Å². The summed E-state index contributed by atoms with van der Waals surface area (Å²) in [7, 11) is 4.64. The van der Waals surface area contributed by atoms with E-state index in [-0.39, 0.29) is 18.0 Å². The summed E-state index contributed by atoms with van der Waals surface area (Å²) >= 11 is 0. The maximum Gasteiger partial charge on any atom is 0.343 e. The van der Waals surface area contributed by atoms with Crippen molar-refractivity contribution in [1.82, 2.24) is 9.78 Å². The van der Waals surface area contributed by atoms with Crippen LogP contribution in [0.4, 0.5) is 5.82 Å². The van der Waals surface area contributed by atoms with Crippen LogP contribution in [-0.4, -0.2) is 42.5 Å². The molecule has 0 unspecified atom stereocenters. The molecule has 0 aliphatic rings. The van der Waals surface area contributed by atoms with Crippen LogP contribution in [0.1, 0.15) is 33.3 Å². The molecule has 0 fully saturated rings. The number of hydrogen-bond donors (Lipinski definition) is 1. The predicted octanol–water partition coefficient (Wildman–Crippen LogP) is 2.17. The molecule has 1 amide bonds. The van der Waals surface area contributed by atoms with Gasteiger partial charge in [-0.15, -0.1) is 0 Å². The minimum absolute atomic E-state index is 0.229. The number of nitrogens with one attached hydrogen (secondary N) is 1. The van der Waals surface area contributed by atoms with Gasteiger partial charge in [-0.3, -0.25) is 9.48 Å². The average molecular weight is 347 g/mol. The highest BCUT2D eigenvalue weighted by Gasteiger charge is 2.23. The highest BCUT2D eigenvalue weighted by atomic mass is 16.5. The first kappa shape index (κ1) is 18.3. The van der Waals surface area contributed by atoms with E-state index in [9.17, 15) is 9.59 Å². The number of benzene rings is 1. The molecule has 0 saturated heterocycles. The molecule has 0 atom stereocenters. The van der Waals surface area contributed by atoms with Gasteiger partial charge in [-0.2, -0.15) is 5.10 Å². The molecule has 2 aromatic rings. The molecule has 1 N–H and O–H groups in total. The van der Waals surface area contributed by atoms with E-state index in [0.717, 1.165) is 0 Å². The van der Waals surface area contributed by atoms with Crippen molar-refractivity contribution in [2.75, 3.05) is 26.1 Å². The van der Waals surface area contributed by atoms with Gasteiger partial charge in [0.05, 0.1) is 26.5 Å². The largest absolute Gasteiger partial charge is 0.497 e. The third-order valence-corrected chi connectivity index (χ3v) is 3.55. The van der Waals surface area contributed by atoms with Gasteiger partial charge in [-0.1, -0.05) is 0 Å². The first-order valence-corrected chi connectivity index (χ1v) is 7.66. The summed E-state index contributed by atoms with van der Waals surface area (Å²) in [5, 5.41) is 6.89. The van der Waals surface area contributed by atoms with Crippen LogP contribution in [0.2, 0.25) is 0 Å². The maximum atomic E-state index is 12.6. The number of hydrogen-bond acceptors (Lipinski definition) is 6. The molecule has 1 aromatic carbocycles. The molecular formula is C17H21N3O5. The summed E-state index contributed by atoms with van der Waals surface area (Å²) in [6.45, 7) is 3.62. The lowest BCUT2D eigenvalue weighted by Gasteiger charge is -2.11. The van der Waals surface area contributed by atoms with Crippen LogP contribution in [0.25, 0.3) is 0 Å². The lowest BCUT2D eigenvalue weighted by molar-refractivity contribution is 0.0526. The van der Waals surface area contributed by atoms with Crippen molar-refractivity contribution in [1.29, 1.82) is 0 Å². The van der Waals surface area contributed by atoms with Crippen molar-refractivity contribution >= 4 is 17.7 Å². The zero-order chi connectivity index (χ0) is 18.6. The number of aromatic nitrogens is 2. The molecule has 0 saturated carbocycles. The Balaban J connectivity index is 2.37. The van der Waals surface area contributed by atoms with Gasteiger partial charge in [-0.25, -0.2) is 4.79 Å². The number of anilines is 1. The molecule has 0 aliphatic carbocycles. The van der Waals surface area contributed by atoms with Crippen molar-refractivity contribution in [2.24, 2.45) is 7.05 Å². The zero-order valence-electron chi connectivity index (χ0n) is 14.9. The summed E-state index contributed by atoms with van der Waals surface area (Å²) in [5.74, 6) is 0.271. The summed E-state index contributed by atoms with van der Waals surface area (Å²) in [4.78, 5) is 24.8. The number of nitrogens with zero attached hydrogens (tertiary/aromatic N) is 2.